The van der Waals surface area contributed by atoms with Gasteiger partial charge in [0.1, 0.15) is 5.75 Å². The van der Waals surface area contributed by atoms with Crippen LogP contribution >= 0.6 is 0 Å². The highest BCUT2D eigenvalue weighted by Crippen LogP contribution is 2.23. The second-order valence-corrected chi connectivity index (χ2v) is 4.95. The molecule has 1 heterocycles. The second-order valence-electron chi connectivity index (χ2n) is 4.95. The molecule has 5 heteroatoms. The third-order valence-corrected chi connectivity index (χ3v) is 2.86. The van der Waals surface area contributed by atoms with Crippen LogP contribution in [0.15, 0.2) is 35.1 Å². The van der Waals surface area contributed by atoms with Crippen LogP contribution < -0.4 is 16.0 Å². The minimum absolute atomic E-state index is 0.265. The number of hydrogen-bond donors (Lipinski definition) is 2. The molecule has 2 aromatic rings. The molecule has 0 spiro atoms. The monoisotopic (exact) mass is 259 g/mol. The maximum Gasteiger partial charge on any atom is 0.269 e. The molecule has 0 saturated heterocycles. The van der Waals surface area contributed by atoms with Gasteiger partial charge >= 0.3 is 0 Å². The van der Waals surface area contributed by atoms with E-state index in [9.17, 15) is 4.79 Å². The summed E-state index contributed by atoms with van der Waals surface area (Å²) < 4.78 is 5.17. The van der Waals surface area contributed by atoms with Crippen molar-refractivity contribution in [2.45, 2.75) is 19.4 Å². The van der Waals surface area contributed by atoms with E-state index in [1.54, 1.807) is 27.0 Å². The summed E-state index contributed by atoms with van der Waals surface area (Å²) in [5, 5.41) is 6.53. The van der Waals surface area contributed by atoms with Crippen molar-refractivity contribution in [3.8, 4) is 17.0 Å². The number of aromatic amines is 1. The lowest BCUT2D eigenvalue weighted by atomic mass is 9.96. The Kier molecular flexibility index (Phi) is 3.40. The van der Waals surface area contributed by atoms with Crippen molar-refractivity contribution >= 4 is 0 Å². The summed E-state index contributed by atoms with van der Waals surface area (Å²) >= 11 is 0. The Hall–Kier alpha value is -2.14. The first-order chi connectivity index (χ1) is 8.91. The van der Waals surface area contributed by atoms with E-state index in [1.165, 1.54) is 0 Å². The van der Waals surface area contributed by atoms with Gasteiger partial charge in [-0.05, 0) is 32.0 Å². The van der Waals surface area contributed by atoms with Crippen LogP contribution in [0.1, 0.15) is 19.4 Å². The average molecular weight is 259 g/mol. The van der Waals surface area contributed by atoms with Crippen LogP contribution in [0.4, 0.5) is 0 Å². The summed E-state index contributed by atoms with van der Waals surface area (Å²) in [5.41, 5.74) is 7.03. The maximum atomic E-state index is 11.7. The number of nitrogens with two attached hydrogens (primary N) is 1. The lowest BCUT2D eigenvalue weighted by Crippen LogP contribution is -2.35. The fraction of sp³-hybridized carbons (Fsp3) is 0.286. The van der Waals surface area contributed by atoms with Crippen LogP contribution in [0.25, 0.3) is 11.3 Å². The van der Waals surface area contributed by atoms with Crippen molar-refractivity contribution in [1.29, 1.82) is 0 Å². The van der Waals surface area contributed by atoms with Crippen molar-refractivity contribution in [2.75, 3.05) is 7.11 Å². The van der Waals surface area contributed by atoms with E-state index < -0.39 is 5.54 Å². The lowest BCUT2D eigenvalue weighted by molar-refractivity contribution is 0.415. The molecular formula is C14H17N3O2. The molecule has 19 heavy (non-hydrogen) atoms. The zero-order valence-corrected chi connectivity index (χ0v) is 11.2. The second kappa shape index (κ2) is 4.85. The first-order valence-corrected chi connectivity index (χ1v) is 5.95. The van der Waals surface area contributed by atoms with Crippen LogP contribution in [-0.4, -0.2) is 17.3 Å². The summed E-state index contributed by atoms with van der Waals surface area (Å²) in [7, 11) is 1.60. The third-order valence-electron chi connectivity index (χ3n) is 2.86. The molecule has 3 N–H and O–H groups in total. The molecule has 0 aliphatic carbocycles. The van der Waals surface area contributed by atoms with Gasteiger partial charge in [0.05, 0.1) is 12.8 Å². The van der Waals surface area contributed by atoms with E-state index in [1.807, 2.05) is 24.3 Å². The van der Waals surface area contributed by atoms with Crippen LogP contribution in [0.3, 0.4) is 0 Å². The SMILES string of the molecule is COc1cccc(-c2cc(C(C)(C)N)c(=O)[nH]n2)c1. The van der Waals surface area contributed by atoms with Crippen LogP contribution in [0.2, 0.25) is 0 Å². The Morgan fingerprint density at radius 3 is 2.68 bits per heavy atom. The molecule has 0 amide bonds. The highest BCUT2D eigenvalue weighted by atomic mass is 16.5. The van der Waals surface area contributed by atoms with Gasteiger partial charge in [-0.15, -0.1) is 0 Å². The van der Waals surface area contributed by atoms with Crippen LogP contribution in [-0.2, 0) is 5.54 Å². The normalized spacial score (nSPS) is 11.4. The van der Waals surface area contributed by atoms with E-state index in [0.717, 1.165) is 11.3 Å². The molecule has 0 fully saturated rings. The number of ether oxygens (including phenoxy) is 1. The summed E-state index contributed by atoms with van der Waals surface area (Å²) in [6, 6.07) is 9.19. The number of rotatable bonds is 3. The zero-order chi connectivity index (χ0) is 14.0. The molecule has 1 aromatic heterocycles. The van der Waals surface area contributed by atoms with Crippen molar-refractivity contribution in [1.82, 2.24) is 10.2 Å². The number of methoxy groups -OCH3 is 1. The van der Waals surface area contributed by atoms with Crippen molar-refractivity contribution < 1.29 is 4.74 Å². The van der Waals surface area contributed by atoms with Gasteiger partial charge in [-0.25, -0.2) is 5.10 Å². The van der Waals surface area contributed by atoms with E-state index >= 15 is 0 Å². The summed E-state index contributed by atoms with van der Waals surface area (Å²) in [4.78, 5) is 11.7. The zero-order valence-electron chi connectivity index (χ0n) is 11.2. The largest absolute Gasteiger partial charge is 0.497 e. The van der Waals surface area contributed by atoms with Crippen molar-refractivity contribution in [3.05, 3.63) is 46.2 Å². The molecule has 5 nitrogen and oxygen atoms in total. The van der Waals surface area contributed by atoms with E-state index in [0.29, 0.717) is 11.3 Å². The van der Waals surface area contributed by atoms with Crippen LogP contribution in [0, 0.1) is 0 Å². The molecule has 0 aliphatic heterocycles. The quantitative estimate of drug-likeness (QED) is 0.878. The van der Waals surface area contributed by atoms with Gasteiger partial charge in [0.25, 0.3) is 5.56 Å². The molecular weight excluding hydrogens is 242 g/mol. The lowest BCUT2D eigenvalue weighted by Gasteiger charge is -2.18. The fourth-order valence-corrected chi connectivity index (χ4v) is 1.81. The number of nitrogens with zero attached hydrogens (tertiary/aromatic N) is 1. The molecule has 0 radical (unpaired) electrons. The Balaban J connectivity index is 2.54. The average Bonchev–Trinajstić information content (AvgIpc) is 2.38. The first kappa shape index (κ1) is 13.3. The van der Waals surface area contributed by atoms with Gasteiger partial charge in [0, 0.05) is 16.7 Å². The number of aromatic nitrogens is 2. The molecule has 1 aromatic carbocycles. The number of H-pyrrole nitrogens is 1. The first-order valence-electron chi connectivity index (χ1n) is 5.95. The van der Waals surface area contributed by atoms with Gasteiger partial charge in [-0.3, -0.25) is 4.79 Å². The smallest absolute Gasteiger partial charge is 0.269 e. The number of nitrogens with one attached hydrogen (secondary N) is 1. The summed E-state index contributed by atoms with van der Waals surface area (Å²) in [5.74, 6) is 0.735. The standard InChI is InChI=1S/C14H17N3O2/c1-14(2,15)11-8-12(16-17-13(11)18)9-5-4-6-10(7-9)19-3/h4-8H,15H2,1-3H3,(H,17,18). The predicted molar refractivity (Wildman–Crippen MR) is 74.1 cm³/mol. The van der Waals surface area contributed by atoms with Gasteiger partial charge in [0.2, 0.25) is 0 Å². The highest BCUT2D eigenvalue weighted by molar-refractivity contribution is 5.61. The topological polar surface area (TPSA) is 81.0 Å². The Morgan fingerprint density at radius 1 is 1.32 bits per heavy atom. The third kappa shape index (κ3) is 2.82. The Labute approximate surface area is 111 Å². The summed E-state index contributed by atoms with van der Waals surface area (Å²) in [6.07, 6.45) is 0. The van der Waals surface area contributed by atoms with Crippen molar-refractivity contribution in [2.24, 2.45) is 5.73 Å². The maximum absolute atomic E-state index is 11.7. The Bertz CT molecular complexity index is 642. The van der Waals surface area contributed by atoms with Crippen LogP contribution in [0.5, 0.6) is 5.75 Å². The van der Waals surface area contributed by atoms with Gasteiger partial charge < -0.3 is 10.5 Å². The predicted octanol–water partition coefficient (Wildman–Crippen LogP) is 1.64. The minimum atomic E-state index is -0.718. The molecule has 0 atom stereocenters. The highest BCUT2D eigenvalue weighted by Gasteiger charge is 2.19. The molecule has 0 saturated carbocycles. The number of benzene rings is 1. The molecule has 0 aliphatic rings. The Morgan fingerprint density at radius 2 is 2.05 bits per heavy atom. The fourth-order valence-electron chi connectivity index (χ4n) is 1.81. The molecule has 0 bridgehead atoms. The van der Waals surface area contributed by atoms with E-state index in [2.05, 4.69) is 10.2 Å². The molecule has 2 rings (SSSR count). The summed E-state index contributed by atoms with van der Waals surface area (Å²) in [6.45, 7) is 3.57. The molecule has 0 unspecified atom stereocenters. The molecule has 100 valence electrons. The van der Waals surface area contributed by atoms with Gasteiger partial charge in [-0.1, -0.05) is 12.1 Å². The van der Waals surface area contributed by atoms with E-state index in [4.69, 9.17) is 10.5 Å². The minimum Gasteiger partial charge on any atom is -0.497 e. The van der Waals surface area contributed by atoms with Gasteiger partial charge in [0.15, 0.2) is 0 Å². The van der Waals surface area contributed by atoms with Crippen molar-refractivity contribution in [3.63, 3.8) is 0 Å². The number of hydrogen-bond acceptors (Lipinski definition) is 4. The van der Waals surface area contributed by atoms with E-state index in [-0.39, 0.29) is 5.56 Å². The van der Waals surface area contributed by atoms with Gasteiger partial charge in [-0.2, -0.15) is 5.10 Å².